The highest BCUT2D eigenvalue weighted by atomic mass is 28.4. The fourth-order valence-corrected chi connectivity index (χ4v) is 3.24. The minimum absolute atomic E-state index is 0.163. The molecule has 0 aromatic carbocycles. The molecule has 0 unspecified atom stereocenters. The Labute approximate surface area is 115 Å². The fourth-order valence-electron chi connectivity index (χ4n) is 1.76. The first-order valence-electron chi connectivity index (χ1n) is 6.98. The van der Waals surface area contributed by atoms with Gasteiger partial charge in [0, 0.05) is 6.61 Å². The molecule has 0 bridgehead atoms. The normalized spacial score (nSPS) is 18.2. The maximum atomic E-state index is 9.13. The van der Waals surface area contributed by atoms with Gasteiger partial charge < -0.3 is 9.53 Å². The second-order valence-corrected chi connectivity index (χ2v) is 11.7. The summed E-state index contributed by atoms with van der Waals surface area (Å²) >= 11 is 0. The summed E-state index contributed by atoms with van der Waals surface area (Å²) in [6, 6.07) is 0. The van der Waals surface area contributed by atoms with Crippen LogP contribution in [0.5, 0.6) is 0 Å². The van der Waals surface area contributed by atoms with Gasteiger partial charge in [-0.15, -0.1) is 6.58 Å². The molecule has 0 spiro atoms. The lowest BCUT2D eigenvalue weighted by Crippen LogP contribution is -2.47. The summed E-state index contributed by atoms with van der Waals surface area (Å²) in [6.07, 6.45) is 2.92. The molecule has 3 atom stereocenters. The summed E-state index contributed by atoms with van der Waals surface area (Å²) in [5.41, 5.74) is 0. The fraction of sp³-hybridized carbons (Fsp3) is 0.867. The Morgan fingerprint density at radius 1 is 1.28 bits per heavy atom. The maximum absolute atomic E-state index is 9.13. The van der Waals surface area contributed by atoms with Crippen LogP contribution in [0, 0.1) is 11.8 Å². The SMILES string of the molecule is C=C[C@@H](C)[C@@H](O[Si](C)(C)C(C)(C)C)[C@H](C)CCO. The van der Waals surface area contributed by atoms with Gasteiger partial charge in [-0.1, -0.05) is 40.7 Å². The highest BCUT2D eigenvalue weighted by molar-refractivity contribution is 6.74. The molecule has 0 fully saturated rings. The van der Waals surface area contributed by atoms with Gasteiger partial charge in [-0.25, -0.2) is 0 Å². The molecule has 3 heteroatoms. The molecule has 2 nitrogen and oxygen atoms in total. The third-order valence-corrected chi connectivity index (χ3v) is 8.75. The van der Waals surface area contributed by atoms with Crippen molar-refractivity contribution < 1.29 is 9.53 Å². The summed E-state index contributed by atoms with van der Waals surface area (Å²) in [5, 5.41) is 9.34. The molecule has 108 valence electrons. The van der Waals surface area contributed by atoms with Gasteiger partial charge in [-0.3, -0.25) is 0 Å². The molecule has 0 aromatic rings. The summed E-state index contributed by atoms with van der Waals surface area (Å²) in [4.78, 5) is 0. The molecule has 0 saturated heterocycles. The van der Waals surface area contributed by atoms with Crippen LogP contribution in [0.15, 0.2) is 12.7 Å². The summed E-state index contributed by atoms with van der Waals surface area (Å²) in [5.74, 6) is 0.679. The van der Waals surface area contributed by atoms with E-state index in [1.165, 1.54) is 0 Å². The molecule has 1 N–H and O–H groups in total. The Kier molecular flexibility index (Phi) is 6.83. The minimum atomic E-state index is -1.77. The molecule has 0 heterocycles. The van der Waals surface area contributed by atoms with Crippen LogP contribution in [0.3, 0.4) is 0 Å². The third kappa shape index (κ3) is 4.86. The van der Waals surface area contributed by atoms with Gasteiger partial charge >= 0.3 is 0 Å². The third-order valence-electron chi connectivity index (χ3n) is 4.27. The summed E-state index contributed by atoms with van der Waals surface area (Å²) in [7, 11) is -1.77. The molecule has 18 heavy (non-hydrogen) atoms. The molecule has 0 aliphatic carbocycles. The van der Waals surface area contributed by atoms with Gasteiger partial charge in [0.25, 0.3) is 0 Å². The predicted octanol–water partition coefficient (Wildman–Crippen LogP) is 4.22. The standard InChI is InChI=1S/C15H32O2Si/c1-9-12(2)14(13(3)10-11-16)17-18(7,8)15(4,5)6/h9,12-14,16H,1,10-11H2,2-8H3/t12-,13-,14-/m1/s1. The predicted molar refractivity (Wildman–Crippen MR) is 82.3 cm³/mol. The van der Waals surface area contributed by atoms with Crippen molar-refractivity contribution >= 4 is 8.32 Å². The van der Waals surface area contributed by atoms with E-state index in [0.29, 0.717) is 11.8 Å². The van der Waals surface area contributed by atoms with Crippen LogP contribution in [0.1, 0.15) is 41.0 Å². The van der Waals surface area contributed by atoms with Crippen LogP contribution in [-0.4, -0.2) is 26.1 Å². The van der Waals surface area contributed by atoms with Crippen LogP contribution in [-0.2, 0) is 4.43 Å². The minimum Gasteiger partial charge on any atom is -0.413 e. The molecule has 0 amide bonds. The van der Waals surface area contributed by atoms with Crippen LogP contribution >= 0.6 is 0 Å². The van der Waals surface area contributed by atoms with E-state index >= 15 is 0 Å². The van der Waals surface area contributed by atoms with Crippen molar-refractivity contribution in [1.82, 2.24) is 0 Å². The van der Waals surface area contributed by atoms with Gasteiger partial charge in [0.2, 0.25) is 0 Å². The zero-order valence-corrected chi connectivity index (χ0v) is 14.3. The van der Waals surface area contributed by atoms with Gasteiger partial charge in [0.05, 0.1) is 6.10 Å². The van der Waals surface area contributed by atoms with Gasteiger partial charge in [0.1, 0.15) is 0 Å². The highest BCUT2D eigenvalue weighted by Gasteiger charge is 2.40. The average Bonchev–Trinajstić information content (AvgIpc) is 2.23. The number of rotatable bonds is 7. The first-order chi connectivity index (χ1) is 8.06. The van der Waals surface area contributed by atoms with E-state index in [4.69, 9.17) is 9.53 Å². The molecule has 0 aliphatic heterocycles. The lowest BCUT2D eigenvalue weighted by Gasteiger charge is -2.42. The quantitative estimate of drug-likeness (QED) is 0.555. The van der Waals surface area contributed by atoms with Crippen LogP contribution < -0.4 is 0 Å². The lowest BCUT2D eigenvalue weighted by atomic mass is 9.91. The molecule has 0 aliphatic rings. The smallest absolute Gasteiger partial charge is 0.192 e. The Balaban J connectivity index is 4.95. The average molecular weight is 273 g/mol. The highest BCUT2D eigenvalue weighted by Crippen LogP contribution is 2.39. The monoisotopic (exact) mass is 272 g/mol. The van der Waals surface area contributed by atoms with Crippen LogP contribution in [0.4, 0.5) is 0 Å². The molecular formula is C15H32O2Si. The van der Waals surface area contributed by atoms with Gasteiger partial charge in [0.15, 0.2) is 8.32 Å². The molecule has 0 aromatic heterocycles. The summed E-state index contributed by atoms with van der Waals surface area (Å²) in [6.45, 7) is 19.8. The summed E-state index contributed by atoms with van der Waals surface area (Å²) < 4.78 is 6.53. The Morgan fingerprint density at radius 2 is 1.78 bits per heavy atom. The van der Waals surface area contributed by atoms with Crippen molar-refractivity contribution in [3.63, 3.8) is 0 Å². The Hall–Kier alpha value is -0.123. The zero-order valence-electron chi connectivity index (χ0n) is 13.3. The first kappa shape index (κ1) is 17.9. The van der Waals surface area contributed by atoms with E-state index in [1.54, 1.807) is 0 Å². The zero-order chi connectivity index (χ0) is 14.6. The molecule has 0 rings (SSSR count). The second kappa shape index (κ2) is 6.87. The van der Waals surface area contributed by atoms with E-state index < -0.39 is 8.32 Å². The van der Waals surface area contributed by atoms with Crippen molar-refractivity contribution in [2.24, 2.45) is 11.8 Å². The van der Waals surface area contributed by atoms with E-state index in [2.05, 4.69) is 54.3 Å². The van der Waals surface area contributed by atoms with E-state index in [0.717, 1.165) is 6.42 Å². The van der Waals surface area contributed by atoms with Crippen molar-refractivity contribution in [2.75, 3.05) is 6.61 Å². The number of hydrogen-bond acceptors (Lipinski definition) is 2. The largest absolute Gasteiger partial charge is 0.413 e. The Morgan fingerprint density at radius 3 is 2.11 bits per heavy atom. The molecular weight excluding hydrogens is 240 g/mol. The van der Waals surface area contributed by atoms with Crippen LogP contribution in [0.25, 0.3) is 0 Å². The van der Waals surface area contributed by atoms with Crippen molar-refractivity contribution in [3.8, 4) is 0 Å². The van der Waals surface area contributed by atoms with Crippen molar-refractivity contribution in [1.29, 1.82) is 0 Å². The van der Waals surface area contributed by atoms with Crippen molar-refractivity contribution in [2.45, 2.75) is 65.3 Å². The van der Waals surface area contributed by atoms with Crippen LogP contribution in [0.2, 0.25) is 18.1 Å². The second-order valence-electron chi connectivity index (χ2n) is 6.93. The Bertz CT molecular complexity index is 256. The van der Waals surface area contributed by atoms with E-state index in [-0.39, 0.29) is 17.7 Å². The lowest BCUT2D eigenvalue weighted by molar-refractivity contribution is 0.0785. The van der Waals surface area contributed by atoms with Gasteiger partial charge in [-0.05, 0) is 36.4 Å². The number of aliphatic hydroxyl groups is 1. The number of aliphatic hydroxyl groups excluding tert-OH is 1. The molecule has 0 radical (unpaired) electrons. The topological polar surface area (TPSA) is 29.5 Å². The van der Waals surface area contributed by atoms with Crippen molar-refractivity contribution in [3.05, 3.63) is 12.7 Å². The van der Waals surface area contributed by atoms with Gasteiger partial charge in [-0.2, -0.15) is 0 Å². The molecule has 0 saturated carbocycles. The first-order valence-corrected chi connectivity index (χ1v) is 9.89. The maximum Gasteiger partial charge on any atom is 0.192 e. The van der Waals surface area contributed by atoms with E-state index in [1.807, 2.05) is 6.08 Å². The number of hydrogen-bond donors (Lipinski definition) is 1. The van der Waals surface area contributed by atoms with E-state index in [9.17, 15) is 0 Å².